The lowest BCUT2D eigenvalue weighted by molar-refractivity contribution is 0.301. The fourth-order valence-electron chi connectivity index (χ4n) is 2.63. The molecule has 0 atom stereocenters. The second-order valence-corrected chi connectivity index (χ2v) is 6.19. The van der Waals surface area contributed by atoms with Crippen LogP contribution in [0.25, 0.3) is 16.9 Å². The molecule has 0 saturated heterocycles. The van der Waals surface area contributed by atoms with Crippen LogP contribution in [0, 0.1) is 5.82 Å². The summed E-state index contributed by atoms with van der Waals surface area (Å²) in [5.74, 6) is 0.827. The van der Waals surface area contributed by atoms with Gasteiger partial charge in [0.15, 0.2) is 0 Å². The molecule has 2 aromatic heterocycles. The van der Waals surface area contributed by atoms with Gasteiger partial charge in [0.25, 0.3) is 0 Å². The van der Waals surface area contributed by atoms with Gasteiger partial charge in [0.05, 0.1) is 5.69 Å². The van der Waals surface area contributed by atoms with Crippen molar-refractivity contribution in [3.8, 4) is 16.9 Å². The zero-order chi connectivity index (χ0) is 18.1. The molecule has 2 aromatic carbocycles. The molecule has 4 rings (SSSR count). The Balaban J connectivity index is 1.58. The Morgan fingerprint density at radius 1 is 1.12 bits per heavy atom. The predicted molar refractivity (Wildman–Crippen MR) is 98.6 cm³/mol. The summed E-state index contributed by atoms with van der Waals surface area (Å²) in [6, 6.07) is 11.2. The van der Waals surface area contributed by atoms with Crippen molar-refractivity contribution in [2.45, 2.75) is 6.61 Å². The van der Waals surface area contributed by atoms with E-state index in [2.05, 4.69) is 9.97 Å². The normalized spacial score (nSPS) is 11.0. The molecule has 0 aliphatic carbocycles. The second kappa shape index (κ2) is 6.65. The molecule has 5 nitrogen and oxygen atoms in total. The fraction of sp³-hybridized carbons (Fsp3) is 0.0526. The molecule has 0 aliphatic heterocycles. The van der Waals surface area contributed by atoms with Crippen molar-refractivity contribution >= 4 is 23.1 Å². The Morgan fingerprint density at radius 3 is 2.69 bits per heavy atom. The quantitative estimate of drug-likeness (QED) is 0.544. The van der Waals surface area contributed by atoms with Gasteiger partial charge in [0.2, 0.25) is 5.78 Å². The van der Waals surface area contributed by atoms with Crippen LogP contribution in [0.2, 0.25) is 5.02 Å². The third-order valence-electron chi connectivity index (χ3n) is 3.88. The Hall–Kier alpha value is -3.12. The smallest absolute Gasteiger partial charge is 0.234 e. The highest BCUT2D eigenvalue weighted by Gasteiger charge is 2.08. The van der Waals surface area contributed by atoms with Crippen LogP contribution in [-0.4, -0.2) is 14.4 Å². The first-order chi connectivity index (χ1) is 12.6. The third-order valence-corrected chi connectivity index (χ3v) is 4.12. The van der Waals surface area contributed by atoms with Crippen molar-refractivity contribution in [2.75, 3.05) is 5.73 Å². The summed E-state index contributed by atoms with van der Waals surface area (Å²) in [6.45, 7) is 0.257. The van der Waals surface area contributed by atoms with Crippen molar-refractivity contribution in [1.82, 2.24) is 14.4 Å². The van der Waals surface area contributed by atoms with E-state index in [-0.39, 0.29) is 12.4 Å². The van der Waals surface area contributed by atoms with E-state index in [0.717, 1.165) is 11.1 Å². The van der Waals surface area contributed by atoms with Crippen molar-refractivity contribution in [1.29, 1.82) is 0 Å². The molecule has 0 radical (unpaired) electrons. The molecule has 4 aromatic rings. The molecule has 0 spiro atoms. The van der Waals surface area contributed by atoms with Gasteiger partial charge in [-0.2, -0.15) is 0 Å². The monoisotopic (exact) mass is 368 g/mol. The second-order valence-electron chi connectivity index (χ2n) is 5.76. The highest BCUT2D eigenvalue weighted by molar-refractivity contribution is 6.31. The molecule has 0 fully saturated rings. The molecule has 26 heavy (non-hydrogen) atoms. The maximum atomic E-state index is 12.9. The zero-order valence-corrected chi connectivity index (χ0v) is 14.3. The minimum absolute atomic E-state index is 0.257. The van der Waals surface area contributed by atoms with Gasteiger partial charge in [-0.3, -0.25) is 4.40 Å². The molecule has 0 saturated carbocycles. The SMILES string of the molecule is Nc1cc(Cl)ccc1-c1cnc2nc(COc3ccc(F)cc3)cn2c1. The van der Waals surface area contributed by atoms with Gasteiger partial charge in [0, 0.05) is 40.4 Å². The van der Waals surface area contributed by atoms with Gasteiger partial charge in [-0.05, 0) is 36.4 Å². The molecular weight excluding hydrogens is 355 g/mol. The van der Waals surface area contributed by atoms with Crippen LogP contribution in [0.15, 0.2) is 61.1 Å². The molecule has 0 unspecified atom stereocenters. The topological polar surface area (TPSA) is 65.4 Å². The number of nitrogens with two attached hydrogens (primary N) is 1. The third kappa shape index (κ3) is 3.32. The van der Waals surface area contributed by atoms with E-state index >= 15 is 0 Å². The number of hydrogen-bond acceptors (Lipinski definition) is 4. The highest BCUT2D eigenvalue weighted by Crippen LogP contribution is 2.28. The fourth-order valence-corrected chi connectivity index (χ4v) is 2.81. The Morgan fingerprint density at radius 2 is 1.92 bits per heavy atom. The van der Waals surface area contributed by atoms with Gasteiger partial charge in [-0.25, -0.2) is 14.4 Å². The number of imidazole rings is 1. The maximum Gasteiger partial charge on any atom is 0.234 e. The van der Waals surface area contributed by atoms with E-state index in [4.69, 9.17) is 22.1 Å². The van der Waals surface area contributed by atoms with Crippen LogP contribution in [-0.2, 0) is 6.61 Å². The summed E-state index contributed by atoms with van der Waals surface area (Å²) >= 11 is 5.95. The number of rotatable bonds is 4. The average molecular weight is 369 g/mol. The van der Waals surface area contributed by atoms with Crippen LogP contribution in [0.1, 0.15) is 5.69 Å². The number of aromatic nitrogens is 3. The molecular formula is C19H14ClFN4O. The van der Waals surface area contributed by atoms with Gasteiger partial charge in [-0.15, -0.1) is 0 Å². The summed E-state index contributed by atoms with van der Waals surface area (Å²) in [5, 5.41) is 0.586. The van der Waals surface area contributed by atoms with Crippen LogP contribution in [0.4, 0.5) is 10.1 Å². The Bertz CT molecular complexity index is 1080. The Kier molecular flexibility index (Phi) is 4.18. The number of nitrogens with zero attached hydrogens (tertiary/aromatic N) is 3. The molecule has 0 aliphatic rings. The summed E-state index contributed by atoms with van der Waals surface area (Å²) in [5.41, 5.74) is 9.04. The minimum Gasteiger partial charge on any atom is -0.487 e. The van der Waals surface area contributed by atoms with Crippen molar-refractivity contribution < 1.29 is 9.13 Å². The molecule has 7 heteroatoms. The first-order valence-electron chi connectivity index (χ1n) is 7.86. The molecule has 0 amide bonds. The number of nitrogen functional groups attached to an aromatic ring is 1. The average Bonchev–Trinajstić information content (AvgIpc) is 3.03. The van der Waals surface area contributed by atoms with E-state index in [9.17, 15) is 4.39 Å². The van der Waals surface area contributed by atoms with Gasteiger partial charge in [-0.1, -0.05) is 17.7 Å². The van der Waals surface area contributed by atoms with Crippen molar-refractivity contribution in [3.63, 3.8) is 0 Å². The first-order valence-corrected chi connectivity index (χ1v) is 8.24. The van der Waals surface area contributed by atoms with E-state index in [1.807, 2.05) is 22.9 Å². The lowest BCUT2D eigenvalue weighted by Gasteiger charge is -2.06. The standard InChI is InChI=1S/C19H14ClFN4O/c20-13-1-6-17(18(22)7-13)12-8-23-19-24-15(10-25(19)9-12)11-26-16-4-2-14(21)3-5-16/h1-10H,11,22H2. The highest BCUT2D eigenvalue weighted by atomic mass is 35.5. The largest absolute Gasteiger partial charge is 0.487 e. The molecule has 130 valence electrons. The summed E-state index contributed by atoms with van der Waals surface area (Å²) in [6.07, 6.45) is 5.45. The van der Waals surface area contributed by atoms with Crippen molar-refractivity contribution in [3.05, 3.63) is 77.6 Å². The minimum atomic E-state index is -0.303. The summed E-state index contributed by atoms with van der Waals surface area (Å²) in [7, 11) is 0. The van der Waals surface area contributed by atoms with Crippen LogP contribution >= 0.6 is 11.6 Å². The lowest BCUT2D eigenvalue weighted by Crippen LogP contribution is -1.95. The molecule has 2 heterocycles. The van der Waals surface area contributed by atoms with Crippen molar-refractivity contribution in [2.24, 2.45) is 0 Å². The van der Waals surface area contributed by atoms with Gasteiger partial charge in [0.1, 0.15) is 18.2 Å². The first kappa shape index (κ1) is 16.4. The molecule has 0 bridgehead atoms. The zero-order valence-electron chi connectivity index (χ0n) is 13.6. The number of ether oxygens (including phenoxy) is 1. The van der Waals surface area contributed by atoms with Crippen LogP contribution < -0.4 is 10.5 Å². The Labute approximate surface area is 153 Å². The summed E-state index contributed by atoms with van der Waals surface area (Å²) in [4.78, 5) is 8.78. The van der Waals surface area contributed by atoms with Crippen LogP contribution in [0.5, 0.6) is 5.75 Å². The number of halogens is 2. The van der Waals surface area contributed by atoms with E-state index in [1.54, 1.807) is 30.5 Å². The molecule has 2 N–H and O–H groups in total. The van der Waals surface area contributed by atoms with Gasteiger partial charge >= 0.3 is 0 Å². The van der Waals surface area contributed by atoms with E-state index < -0.39 is 0 Å². The van der Waals surface area contributed by atoms with Crippen LogP contribution in [0.3, 0.4) is 0 Å². The maximum absolute atomic E-state index is 12.9. The lowest BCUT2D eigenvalue weighted by atomic mass is 10.1. The number of benzene rings is 2. The number of hydrogen-bond donors (Lipinski definition) is 1. The van der Waals surface area contributed by atoms with E-state index in [1.165, 1.54) is 12.1 Å². The number of fused-ring (bicyclic) bond motifs is 1. The van der Waals surface area contributed by atoms with Gasteiger partial charge < -0.3 is 10.5 Å². The summed E-state index contributed by atoms with van der Waals surface area (Å²) < 4.78 is 20.4. The van der Waals surface area contributed by atoms with E-state index in [0.29, 0.717) is 27.9 Å². The predicted octanol–water partition coefficient (Wildman–Crippen LogP) is 4.35. The number of anilines is 1.